The molecule has 0 amide bonds. The normalized spacial score (nSPS) is 13.5. The topological polar surface area (TPSA) is 42.2 Å². The molecule has 0 saturated carbocycles. The van der Waals surface area contributed by atoms with Gasteiger partial charge in [-0.2, -0.15) is 0 Å². The van der Waals surface area contributed by atoms with Crippen LogP contribution in [0.4, 0.5) is 0 Å². The lowest BCUT2D eigenvalue weighted by Crippen LogP contribution is -2.24. The molecule has 2 aromatic rings. The number of fused-ring (bicyclic) bond motifs is 1. The van der Waals surface area contributed by atoms with E-state index in [4.69, 9.17) is 0 Å². The molecule has 0 unspecified atom stereocenters. The average molecular weight is 218 g/mol. The van der Waals surface area contributed by atoms with Crippen molar-refractivity contribution in [2.45, 2.75) is 26.8 Å². The van der Waals surface area contributed by atoms with Gasteiger partial charge < -0.3 is 5.32 Å². The Labute approximate surface area is 95.7 Å². The highest BCUT2D eigenvalue weighted by molar-refractivity contribution is 5.37. The van der Waals surface area contributed by atoms with Crippen LogP contribution in [0.15, 0.2) is 24.4 Å². The SMILES string of the molecule is CC(C)CN[C@H](C)c1nnc2ccccn12. The Kier molecular flexibility index (Phi) is 3.19. The molecule has 0 aliphatic heterocycles. The minimum Gasteiger partial charge on any atom is -0.307 e. The van der Waals surface area contributed by atoms with Gasteiger partial charge in [0.1, 0.15) is 0 Å². The van der Waals surface area contributed by atoms with E-state index < -0.39 is 0 Å². The van der Waals surface area contributed by atoms with Gasteiger partial charge in [0.25, 0.3) is 0 Å². The van der Waals surface area contributed by atoms with Gasteiger partial charge in [0, 0.05) is 6.20 Å². The fourth-order valence-corrected chi connectivity index (χ4v) is 1.66. The first kappa shape index (κ1) is 11.1. The highest BCUT2D eigenvalue weighted by atomic mass is 15.3. The molecule has 0 aliphatic rings. The number of pyridine rings is 1. The van der Waals surface area contributed by atoms with E-state index in [0.717, 1.165) is 18.0 Å². The van der Waals surface area contributed by atoms with Crippen molar-refractivity contribution in [1.29, 1.82) is 0 Å². The first-order chi connectivity index (χ1) is 7.68. The average Bonchev–Trinajstić information content (AvgIpc) is 2.69. The van der Waals surface area contributed by atoms with Crippen molar-refractivity contribution in [2.75, 3.05) is 6.54 Å². The van der Waals surface area contributed by atoms with Gasteiger partial charge in [-0.05, 0) is 31.5 Å². The smallest absolute Gasteiger partial charge is 0.160 e. The Morgan fingerprint density at radius 1 is 1.25 bits per heavy atom. The predicted molar refractivity (Wildman–Crippen MR) is 64.2 cm³/mol. The zero-order chi connectivity index (χ0) is 11.5. The van der Waals surface area contributed by atoms with Crippen molar-refractivity contribution >= 4 is 5.65 Å². The summed E-state index contributed by atoms with van der Waals surface area (Å²) in [6, 6.07) is 6.15. The van der Waals surface area contributed by atoms with Crippen LogP contribution in [-0.4, -0.2) is 21.1 Å². The molecular weight excluding hydrogens is 200 g/mol. The molecular formula is C12H18N4. The molecule has 0 aliphatic carbocycles. The summed E-state index contributed by atoms with van der Waals surface area (Å²) in [5.74, 6) is 1.61. The quantitative estimate of drug-likeness (QED) is 0.854. The number of hydrogen-bond donors (Lipinski definition) is 1. The largest absolute Gasteiger partial charge is 0.307 e. The maximum Gasteiger partial charge on any atom is 0.160 e. The Bertz CT molecular complexity index is 461. The summed E-state index contributed by atoms with van der Waals surface area (Å²) < 4.78 is 2.03. The minimum absolute atomic E-state index is 0.222. The molecule has 4 heteroatoms. The third-order valence-corrected chi connectivity index (χ3v) is 2.56. The molecule has 0 aromatic carbocycles. The lowest BCUT2D eigenvalue weighted by Gasteiger charge is -2.13. The molecule has 1 N–H and O–H groups in total. The van der Waals surface area contributed by atoms with Crippen LogP contribution in [0.3, 0.4) is 0 Å². The Morgan fingerprint density at radius 2 is 2.06 bits per heavy atom. The molecule has 0 radical (unpaired) electrons. The van der Waals surface area contributed by atoms with Crippen LogP contribution in [-0.2, 0) is 0 Å². The third-order valence-electron chi connectivity index (χ3n) is 2.56. The molecule has 0 fully saturated rings. The second-order valence-corrected chi connectivity index (χ2v) is 4.51. The minimum atomic E-state index is 0.222. The van der Waals surface area contributed by atoms with E-state index in [1.807, 2.05) is 28.8 Å². The summed E-state index contributed by atoms with van der Waals surface area (Å²) in [6.45, 7) is 7.50. The van der Waals surface area contributed by atoms with Crippen LogP contribution in [0.5, 0.6) is 0 Å². The van der Waals surface area contributed by atoms with Crippen LogP contribution in [0.1, 0.15) is 32.6 Å². The lowest BCUT2D eigenvalue weighted by molar-refractivity contribution is 0.479. The van der Waals surface area contributed by atoms with Gasteiger partial charge in [-0.15, -0.1) is 10.2 Å². The first-order valence-electron chi connectivity index (χ1n) is 5.71. The Morgan fingerprint density at radius 3 is 2.81 bits per heavy atom. The summed E-state index contributed by atoms with van der Waals surface area (Å²) in [5.41, 5.74) is 0.899. The van der Waals surface area contributed by atoms with Gasteiger partial charge in [0.2, 0.25) is 0 Å². The summed E-state index contributed by atoms with van der Waals surface area (Å²) in [5, 5.41) is 11.8. The molecule has 0 bridgehead atoms. The second-order valence-electron chi connectivity index (χ2n) is 4.51. The van der Waals surface area contributed by atoms with E-state index in [1.54, 1.807) is 0 Å². The van der Waals surface area contributed by atoms with Gasteiger partial charge in [0.15, 0.2) is 11.5 Å². The van der Waals surface area contributed by atoms with Gasteiger partial charge in [-0.1, -0.05) is 19.9 Å². The van der Waals surface area contributed by atoms with Gasteiger partial charge in [-0.3, -0.25) is 4.40 Å². The highest BCUT2D eigenvalue weighted by Gasteiger charge is 2.12. The van der Waals surface area contributed by atoms with Gasteiger partial charge >= 0.3 is 0 Å². The van der Waals surface area contributed by atoms with Crippen LogP contribution in [0.2, 0.25) is 0 Å². The molecule has 1 atom stereocenters. The maximum absolute atomic E-state index is 4.22. The zero-order valence-electron chi connectivity index (χ0n) is 10.0. The van der Waals surface area contributed by atoms with E-state index in [9.17, 15) is 0 Å². The summed E-state index contributed by atoms with van der Waals surface area (Å²) in [7, 11) is 0. The fraction of sp³-hybridized carbons (Fsp3) is 0.500. The summed E-state index contributed by atoms with van der Waals surface area (Å²) in [4.78, 5) is 0. The Hall–Kier alpha value is -1.42. The fourth-order valence-electron chi connectivity index (χ4n) is 1.66. The summed E-state index contributed by atoms with van der Waals surface area (Å²) >= 11 is 0. The van der Waals surface area contributed by atoms with Crippen LogP contribution < -0.4 is 5.32 Å². The molecule has 2 rings (SSSR count). The van der Waals surface area contributed by atoms with E-state index in [-0.39, 0.29) is 6.04 Å². The van der Waals surface area contributed by atoms with Crippen molar-refractivity contribution in [1.82, 2.24) is 19.9 Å². The molecule has 86 valence electrons. The van der Waals surface area contributed by atoms with Crippen molar-refractivity contribution in [2.24, 2.45) is 5.92 Å². The number of nitrogens with one attached hydrogen (secondary N) is 1. The van der Waals surface area contributed by atoms with Crippen LogP contribution >= 0.6 is 0 Å². The Balaban J connectivity index is 2.19. The van der Waals surface area contributed by atoms with Crippen molar-refractivity contribution in [3.63, 3.8) is 0 Å². The maximum atomic E-state index is 4.22. The van der Waals surface area contributed by atoms with Crippen LogP contribution in [0, 0.1) is 5.92 Å². The number of aromatic nitrogens is 3. The second kappa shape index (κ2) is 4.61. The van der Waals surface area contributed by atoms with E-state index >= 15 is 0 Å². The van der Waals surface area contributed by atoms with Crippen molar-refractivity contribution in [3.05, 3.63) is 30.2 Å². The molecule has 0 saturated heterocycles. The molecule has 4 nitrogen and oxygen atoms in total. The third kappa shape index (κ3) is 2.22. The monoisotopic (exact) mass is 218 g/mol. The highest BCUT2D eigenvalue weighted by Crippen LogP contribution is 2.11. The molecule has 2 aromatic heterocycles. The van der Waals surface area contributed by atoms with Crippen molar-refractivity contribution < 1.29 is 0 Å². The lowest BCUT2D eigenvalue weighted by atomic mass is 10.2. The van der Waals surface area contributed by atoms with Gasteiger partial charge in [-0.25, -0.2) is 0 Å². The van der Waals surface area contributed by atoms with E-state index in [2.05, 4.69) is 36.3 Å². The number of nitrogens with zero attached hydrogens (tertiary/aromatic N) is 3. The zero-order valence-corrected chi connectivity index (χ0v) is 10.0. The molecule has 16 heavy (non-hydrogen) atoms. The van der Waals surface area contributed by atoms with Crippen LogP contribution in [0.25, 0.3) is 5.65 Å². The summed E-state index contributed by atoms with van der Waals surface area (Å²) in [6.07, 6.45) is 2.00. The van der Waals surface area contributed by atoms with Gasteiger partial charge in [0.05, 0.1) is 6.04 Å². The van der Waals surface area contributed by atoms with E-state index in [0.29, 0.717) is 5.92 Å². The molecule has 2 heterocycles. The van der Waals surface area contributed by atoms with E-state index in [1.165, 1.54) is 0 Å². The first-order valence-corrected chi connectivity index (χ1v) is 5.71. The number of rotatable bonds is 4. The predicted octanol–water partition coefficient (Wildman–Crippen LogP) is 2.04. The molecule has 0 spiro atoms. The number of hydrogen-bond acceptors (Lipinski definition) is 3. The van der Waals surface area contributed by atoms with Crippen molar-refractivity contribution in [3.8, 4) is 0 Å². The standard InChI is InChI=1S/C12H18N4/c1-9(2)8-13-10(3)12-15-14-11-6-4-5-7-16(11)12/h4-7,9-10,13H,8H2,1-3H3/t10-/m1/s1.